The van der Waals surface area contributed by atoms with E-state index >= 15 is 0 Å². The maximum Gasteiger partial charge on any atom is 0.174 e. The first-order valence-electron chi connectivity index (χ1n) is 10.3. The SMILES string of the molecule is COc1ccc(N2C(=S)N[C@@H](c3ccccn3)[C@H]2c2ccc(Sc3ccc(Cl)cc3)o2)cc1. The van der Waals surface area contributed by atoms with Crippen molar-refractivity contribution in [3.05, 3.63) is 102 Å². The number of hydrogen-bond donors (Lipinski definition) is 1. The largest absolute Gasteiger partial charge is 0.497 e. The number of benzene rings is 2. The lowest BCUT2D eigenvalue weighted by molar-refractivity contribution is 0.383. The van der Waals surface area contributed by atoms with Crippen LogP contribution in [0.1, 0.15) is 23.5 Å². The summed E-state index contributed by atoms with van der Waals surface area (Å²) in [5.41, 5.74) is 1.84. The summed E-state index contributed by atoms with van der Waals surface area (Å²) in [6, 6.07) is 25.0. The molecule has 2 aromatic carbocycles. The van der Waals surface area contributed by atoms with E-state index in [-0.39, 0.29) is 12.1 Å². The number of pyridine rings is 1. The van der Waals surface area contributed by atoms with Gasteiger partial charge in [0.1, 0.15) is 17.6 Å². The molecule has 0 amide bonds. The van der Waals surface area contributed by atoms with Crippen molar-refractivity contribution in [1.29, 1.82) is 0 Å². The lowest BCUT2D eigenvalue weighted by atomic mass is 10.0. The second-order valence-corrected chi connectivity index (χ2v) is 9.31. The molecule has 33 heavy (non-hydrogen) atoms. The predicted molar refractivity (Wildman–Crippen MR) is 135 cm³/mol. The van der Waals surface area contributed by atoms with Crippen LogP contribution in [0, 0.1) is 0 Å². The Kier molecular flexibility index (Phi) is 6.26. The van der Waals surface area contributed by atoms with Crippen molar-refractivity contribution in [1.82, 2.24) is 10.3 Å². The molecule has 1 fully saturated rings. The Bertz CT molecular complexity index is 1250. The van der Waals surface area contributed by atoms with Crippen LogP contribution >= 0.6 is 35.6 Å². The van der Waals surface area contributed by atoms with E-state index in [9.17, 15) is 0 Å². The molecule has 0 bridgehead atoms. The molecule has 8 heteroatoms. The van der Waals surface area contributed by atoms with Crippen molar-refractivity contribution < 1.29 is 9.15 Å². The van der Waals surface area contributed by atoms with Gasteiger partial charge in [-0.25, -0.2) is 0 Å². The molecule has 3 heterocycles. The summed E-state index contributed by atoms with van der Waals surface area (Å²) in [5, 5.41) is 5.56. The monoisotopic (exact) mass is 493 g/mol. The van der Waals surface area contributed by atoms with Crippen molar-refractivity contribution in [3.63, 3.8) is 0 Å². The molecule has 1 aliphatic rings. The molecule has 0 aliphatic carbocycles. The lowest BCUT2D eigenvalue weighted by Crippen LogP contribution is -2.29. The molecule has 5 rings (SSSR count). The third kappa shape index (κ3) is 4.57. The Morgan fingerprint density at radius 3 is 2.52 bits per heavy atom. The average Bonchev–Trinajstić information content (AvgIpc) is 3.45. The highest BCUT2D eigenvalue weighted by molar-refractivity contribution is 7.99. The summed E-state index contributed by atoms with van der Waals surface area (Å²) in [6.07, 6.45) is 1.79. The average molecular weight is 494 g/mol. The van der Waals surface area contributed by atoms with Gasteiger partial charge in [0.05, 0.1) is 18.8 Å². The molecule has 0 spiro atoms. The zero-order valence-corrected chi connectivity index (χ0v) is 20.0. The fraction of sp³-hybridized carbons (Fsp3) is 0.120. The second kappa shape index (κ2) is 9.47. The maximum absolute atomic E-state index is 6.33. The number of thiocarbonyl (C=S) groups is 1. The number of halogens is 1. The summed E-state index contributed by atoms with van der Waals surface area (Å²) < 4.78 is 11.7. The molecular weight excluding hydrogens is 474 g/mol. The third-order valence-corrected chi connectivity index (χ3v) is 6.87. The first-order valence-corrected chi connectivity index (χ1v) is 11.9. The standard InChI is InChI=1S/C25H20ClN3O2S2/c1-30-18-9-7-17(8-10-18)29-24(23(28-25(29)32)20-4-2-3-15-27-20)21-13-14-22(31-21)33-19-11-5-16(26)6-12-19/h2-15,23-24H,1H3,(H,28,32)/t23-,24+/m0/s1. The Balaban J connectivity index is 1.51. The lowest BCUT2D eigenvalue weighted by Gasteiger charge is -2.26. The van der Waals surface area contributed by atoms with Crippen molar-refractivity contribution in [2.45, 2.75) is 22.1 Å². The van der Waals surface area contributed by atoms with Crippen LogP contribution in [-0.2, 0) is 0 Å². The van der Waals surface area contributed by atoms with E-state index in [2.05, 4.69) is 15.2 Å². The van der Waals surface area contributed by atoms with E-state index in [4.69, 9.17) is 33.0 Å². The highest BCUT2D eigenvalue weighted by Crippen LogP contribution is 2.43. The minimum absolute atomic E-state index is 0.166. The van der Waals surface area contributed by atoms with Crippen LogP contribution < -0.4 is 15.0 Å². The quantitative estimate of drug-likeness (QED) is 0.301. The summed E-state index contributed by atoms with van der Waals surface area (Å²) >= 11 is 13.3. The Morgan fingerprint density at radius 2 is 1.82 bits per heavy atom. The van der Waals surface area contributed by atoms with Crippen LogP contribution in [-0.4, -0.2) is 17.2 Å². The van der Waals surface area contributed by atoms with Crippen LogP contribution in [0.15, 0.2) is 99.5 Å². The van der Waals surface area contributed by atoms with Crippen LogP contribution in [0.3, 0.4) is 0 Å². The summed E-state index contributed by atoms with van der Waals surface area (Å²) in [7, 11) is 1.65. The first-order chi connectivity index (χ1) is 16.1. The molecule has 0 radical (unpaired) electrons. The van der Waals surface area contributed by atoms with Gasteiger partial charge in [-0.1, -0.05) is 29.4 Å². The molecule has 1 N–H and O–H groups in total. The number of methoxy groups -OCH3 is 1. The predicted octanol–water partition coefficient (Wildman–Crippen LogP) is 6.66. The van der Waals surface area contributed by atoms with Gasteiger partial charge in [-0.2, -0.15) is 0 Å². The molecule has 0 unspecified atom stereocenters. The molecule has 2 aromatic heterocycles. The van der Waals surface area contributed by atoms with Crippen LogP contribution in [0.2, 0.25) is 5.02 Å². The number of ether oxygens (including phenoxy) is 1. The minimum atomic E-state index is -0.208. The van der Waals surface area contributed by atoms with Gasteiger partial charge < -0.3 is 19.4 Å². The number of furan rings is 1. The summed E-state index contributed by atoms with van der Waals surface area (Å²) in [6.45, 7) is 0. The number of rotatable bonds is 6. The van der Waals surface area contributed by atoms with E-state index in [1.807, 2.05) is 78.9 Å². The number of anilines is 1. The molecule has 1 aliphatic heterocycles. The van der Waals surface area contributed by atoms with Gasteiger partial charge in [-0.3, -0.25) is 4.98 Å². The second-order valence-electron chi connectivity index (χ2n) is 7.41. The van der Waals surface area contributed by atoms with E-state index in [0.717, 1.165) is 32.9 Å². The van der Waals surface area contributed by atoms with Crippen molar-refractivity contribution in [2.24, 2.45) is 0 Å². The Morgan fingerprint density at radius 1 is 1.03 bits per heavy atom. The zero-order valence-electron chi connectivity index (χ0n) is 17.6. The molecule has 4 aromatic rings. The highest BCUT2D eigenvalue weighted by atomic mass is 35.5. The minimum Gasteiger partial charge on any atom is -0.497 e. The number of nitrogens with one attached hydrogen (secondary N) is 1. The number of hydrogen-bond acceptors (Lipinski definition) is 5. The molecule has 5 nitrogen and oxygen atoms in total. The fourth-order valence-corrected chi connectivity index (χ4v) is 5.08. The van der Waals surface area contributed by atoms with E-state index in [1.165, 1.54) is 0 Å². The molecular formula is C25H20ClN3O2S2. The van der Waals surface area contributed by atoms with E-state index < -0.39 is 0 Å². The Hall–Kier alpha value is -3.00. The van der Waals surface area contributed by atoms with Crippen molar-refractivity contribution in [3.8, 4) is 5.75 Å². The van der Waals surface area contributed by atoms with E-state index in [0.29, 0.717) is 10.1 Å². The topological polar surface area (TPSA) is 50.5 Å². The van der Waals surface area contributed by atoms with Gasteiger partial charge >= 0.3 is 0 Å². The van der Waals surface area contributed by atoms with Gasteiger partial charge in [0.15, 0.2) is 10.2 Å². The Labute approximate surface area is 206 Å². The summed E-state index contributed by atoms with van der Waals surface area (Å²) in [4.78, 5) is 7.70. The van der Waals surface area contributed by atoms with Crippen molar-refractivity contribution in [2.75, 3.05) is 12.0 Å². The van der Waals surface area contributed by atoms with Crippen LogP contribution in [0.4, 0.5) is 5.69 Å². The van der Waals surface area contributed by atoms with E-state index in [1.54, 1.807) is 25.1 Å². The third-order valence-electron chi connectivity index (χ3n) is 5.37. The van der Waals surface area contributed by atoms with Gasteiger partial charge in [0.25, 0.3) is 0 Å². The molecule has 0 saturated carbocycles. The molecule has 2 atom stereocenters. The number of nitrogens with zero attached hydrogens (tertiary/aromatic N) is 2. The molecule has 166 valence electrons. The van der Waals surface area contributed by atoms with Crippen molar-refractivity contribution >= 4 is 46.4 Å². The zero-order chi connectivity index (χ0) is 22.8. The summed E-state index contributed by atoms with van der Waals surface area (Å²) in [5.74, 6) is 1.58. The normalized spacial score (nSPS) is 17.8. The van der Waals surface area contributed by atoms with Gasteiger partial charge in [-0.15, -0.1) is 0 Å². The van der Waals surface area contributed by atoms with Gasteiger partial charge in [-0.05, 0) is 85.0 Å². The maximum atomic E-state index is 6.33. The number of aromatic nitrogens is 1. The van der Waals surface area contributed by atoms with Gasteiger partial charge in [0.2, 0.25) is 0 Å². The van der Waals surface area contributed by atoms with Gasteiger partial charge in [0, 0.05) is 21.8 Å². The van der Waals surface area contributed by atoms with Crippen LogP contribution in [0.25, 0.3) is 0 Å². The first kappa shape index (κ1) is 21.8. The van der Waals surface area contributed by atoms with Crippen LogP contribution in [0.5, 0.6) is 5.75 Å². The highest BCUT2D eigenvalue weighted by Gasteiger charge is 2.42. The fourth-order valence-electron chi connectivity index (χ4n) is 3.83. The molecule has 1 saturated heterocycles. The smallest absolute Gasteiger partial charge is 0.174 e.